The van der Waals surface area contributed by atoms with Gasteiger partial charge in [-0.1, -0.05) is 38.0 Å². The normalized spacial score (nSPS) is 23.0. The summed E-state index contributed by atoms with van der Waals surface area (Å²) >= 11 is 3.84. The number of thioether (sulfide) groups is 1. The van der Waals surface area contributed by atoms with Crippen LogP contribution in [0.25, 0.3) is 11.8 Å². The Bertz CT molecular complexity index is 1290. The topological polar surface area (TPSA) is 37.6 Å². The molecule has 3 aromatic rings. The molecule has 2 heterocycles. The maximum Gasteiger partial charge on any atom is 0.267 e. The minimum absolute atomic E-state index is 0.0856. The van der Waals surface area contributed by atoms with Gasteiger partial charge >= 0.3 is 0 Å². The zero-order valence-corrected chi connectivity index (χ0v) is 23.3. The number of hydrogen-bond acceptors (Lipinski definition) is 3. The fourth-order valence-electron chi connectivity index (χ4n) is 5.21. The highest BCUT2D eigenvalue weighted by atomic mass is 127. The van der Waals surface area contributed by atoms with Crippen LogP contribution < -0.4 is 0 Å². The molecule has 0 spiro atoms. The Balaban J connectivity index is 1.53. The average Bonchev–Trinajstić information content (AvgIpc) is 3.30. The first-order valence-electron chi connectivity index (χ1n) is 12.2. The first-order chi connectivity index (χ1) is 16.9. The Hall–Kier alpha value is -2.32. The second-order valence-corrected chi connectivity index (χ2v) is 11.7. The number of carbonyl (C=O) groups is 1. The standard InChI is InChI=1S/C29H30IN3OS/c1-19-9-7-8-12-26(19)33-28(34)27(35-29(33)31-24-10-5-4-6-11-24)18-22-17-20(2)32(21(22)3)25-15-13-23(30)14-16-25/h4-6,10-11,13-19,26H,7-9,12H2,1-3H3/b27-18-,31-29?/t19-,26+/m1/s1. The predicted octanol–water partition coefficient (Wildman–Crippen LogP) is 7.88. The molecule has 1 aromatic heterocycles. The van der Waals surface area contributed by atoms with E-state index in [4.69, 9.17) is 4.99 Å². The first kappa shape index (κ1) is 24.4. The predicted molar refractivity (Wildman–Crippen MR) is 155 cm³/mol. The molecule has 1 amide bonds. The maximum absolute atomic E-state index is 13.8. The van der Waals surface area contributed by atoms with E-state index in [0.717, 1.165) is 57.7 Å². The lowest BCUT2D eigenvalue weighted by Gasteiger charge is -2.35. The number of aromatic nitrogens is 1. The van der Waals surface area contributed by atoms with Gasteiger partial charge in [0.15, 0.2) is 5.17 Å². The zero-order chi connectivity index (χ0) is 24.5. The molecule has 0 N–H and O–H groups in total. The summed E-state index contributed by atoms with van der Waals surface area (Å²) in [4.78, 5) is 21.5. The maximum atomic E-state index is 13.8. The van der Waals surface area contributed by atoms with E-state index < -0.39 is 0 Å². The molecule has 1 aliphatic carbocycles. The minimum atomic E-state index is 0.0856. The number of nitrogens with zero attached hydrogens (tertiary/aromatic N) is 3. The van der Waals surface area contributed by atoms with E-state index in [2.05, 4.69) is 84.3 Å². The number of halogens is 1. The van der Waals surface area contributed by atoms with Crippen LogP contribution in [0.2, 0.25) is 0 Å². The number of para-hydroxylation sites is 1. The second-order valence-electron chi connectivity index (χ2n) is 9.48. The van der Waals surface area contributed by atoms with Crippen LogP contribution >= 0.6 is 34.4 Å². The average molecular weight is 596 g/mol. The fraction of sp³-hybridized carbons (Fsp3) is 0.310. The van der Waals surface area contributed by atoms with Crippen LogP contribution in [0, 0.1) is 23.3 Å². The number of hydrogen-bond donors (Lipinski definition) is 0. The third-order valence-corrected chi connectivity index (χ3v) is 8.76. The van der Waals surface area contributed by atoms with Crippen LogP contribution in [-0.2, 0) is 4.79 Å². The van der Waals surface area contributed by atoms with Gasteiger partial charge in [-0.05, 0) is 121 Å². The molecule has 6 heteroatoms. The van der Waals surface area contributed by atoms with E-state index in [1.54, 1.807) is 0 Å². The third kappa shape index (κ3) is 5.00. The van der Waals surface area contributed by atoms with E-state index in [9.17, 15) is 4.79 Å². The highest BCUT2D eigenvalue weighted by Crippen LogP contribution is 2.40. The van der Waals surface area contributed by atoms with Gasteiger partial charge in [-0.25, -0.2) is 4.99 Å². The van der Waals surface area contributed by atoms with E-state index in [1.165, 1.54) is 21.8 Å². The smallest absolute Gasteiger partial charge is 0.267 e. The lowest BCUT2D eigenvalue weighted by molar-refractivity contribution is -0.124. The van der Waals surface area contributed by atoms with Gasteiger partial charge in [0, 0.05) is 26.7 Å². The fourth-order valence-corrected chi connectivity index (χ4v) is 6.61. The van der Waals surface area contributed by atoms with Crippen LogP contribution in [0.4, 0.5) is 5.69 Å². The van der Waals surface area contributed by atoms with Crippen molar-refractivity contribution in [2.24, 2.45) is 10.9 Å². The van der Waals surface area contributed by atoms with Crippen molar-refractivity contribution in [3.8, 4) is 5.69 Å². The summed E-state index contributed by atoms with van der Waals surface area (Å²) in [5.41, 5.74) is 5.39. The quantitative estimate of drug-likeness (QED) is 0.227. The Morgan fingerprint density at radius 1 is 1.03 bits per heavy atom. The molecule has 2 fully saturated rings. The van der Waals surface area contributed by atoms with Gasteiger partial charge in [-0.2, -0.15) is 0 Å². The summed E-state index contributed by atoms with van der Waals surface area (Å²) in [6, 6.07) is 20.9. The number of benzene rings is 2. The number of amides is 1. The van der Waals surface area contributed by atoms with Gasteiger partial charge in [0.25, 0.3) is 5.91 Å². The number of aliphatic imine (C=N–C) groups is 1. The molecule has 0 bridgehead atoms. The Labute approximate surface area is 225 Å². The summed E-state index contributed by atoms with van der Waals surface area (Å²) in [6.45, 7) is 6.52. The van der Waals surface area contributed by atoms with Crippen molar-refractivity contribution < 1.29 is 4.79 Å². The summed E-state index contributed by atoms with van der Waals surface area (Å²) in [7, 11) is 0. The van der Waals surface area contributed by atoms with Crippen molar-refractivity contribution in [1.82, 2.24) is 9.47 Å². The van der Waals surface area contributed by atoms with Gasteiger partial charge in [0.1, 0.15) is 0 Å². The van der Waals surface area contributed by atoms with Crippen LogP contribution in [0.3, 0.4) is 0 Å². The number of amidine groups is 1. The van der Waals surface area contributed by atoms with Gasteiger partial charge in [-0.15, -0.1) is 0 Å². The van der Waals surface area contributed by atoms with Crippen LogP contribution in [0.1, 0.15) is 49.6 Å². The Morgan fingerprint density at radius 3 is 2.46 bits per heavy atom. The Kier molecular flexibility index (Phi) is 7.21. The molecule has 5 rings (SSSR count). The minimum Gasteiger partial charge on any atom is -0.318 e. The van der Waals surface area contributed by atoms with Crippen molar-refractivity contribution in [2.45, 2.75) is 52.5 Å². The lowest BCUT2D eigenvalue weighted by atomic mass is 9.85. The largest absolute Gasteiger partial charge is 0.318 e. The van der Waals surface area contributed by atoms with Crippen LogP contribution in [0.5, 0.6) is 0 Å². The van der Waals surface area contributed by atoms with Crippen molar-refractivity contribution in [3.05, 3.63) is 86.1 Å². The first-order valence-corrected chi connectivity index (χ1v) is 14.1. The molecule has 4 nitrogen and oxygen atoms in total. The van der Waals surface area contributed by atoms with Crippen LogP contribution in [0.15, 0.2) is 70.6 Å². The molecule has 1 aliphatic heterocycles. The van der Waals surface area contributed by atoms with Gasteiger partial charge in [0.2, 0.25) is 0 Å². The van der Waals surface area contributed by atoms with Crippen molar-refractivity contribution in [3.63, 3.8) is 0 Å². The van der Waals surface area contributed by atoms with Gasteiger partial charge in [-0.3, -0.25) is 9.69 Å². The number of aryl methyl sites for hydroxylation is 1. The van der Waals surface area contributed by atoms with E-state index in [0.29, 0.717) is 5.92 Å². The van der Waals surface area contributed by atoms with Crippen molar-refractivity contribution in [2.75, 3.05) is 0 Å². The van der Waals surface area contributed by atoms with Gasteiger partial charge < -0.3 is 4.57 Å². The molecule has 2 aromatic carbocycles. The van der Waals surface area contributed by atoms with Crippen LogP contribution in [-0.4, -0.2) is 26.6 Å². The SMILES string of the molecule is Cc1cc(/C=C2\SC(=Nc3ccccc3)N([C@H]3CCCC[C@H]3C)C2=O)c(C)n1-c1ccc(I)cc1. The molecule has 0 unspecified atom stereocenters. The lowest BCUT2D eigenvalue weighted by Crippen LogP contribution is -2.44. The molecular weight excluding hydrogens is 565 g/mol. The summed E-state index contributed by atoms with van der Waals surface area (Å²) < 4.78 is 3.47. The monoisotopic (exact) mass is 595 g/mol. The zero-order valence-electron chi connectivity index (χ0n) is 20.4. The molecule has 1 saturated heterocycles. The number of carbonyl (C=O) groups excluding carboxylic acids is 1. The van der Waals surface area contributed by atoms with Crippen molar-refractivity contribution >= 4 is 57.2 Å². The van der Waals surface area contributed by atoms with Crippen molar-refractivity contribution in [1.29, 1.82) is 0 Å². The molecule has 2 atom stereocenters. The molecule has 1 saturated carbocycles. The van der Waals surface area contributed by atoms with Gasteiger partial charge in [0.05, 0.1) is 10.6 Å². The van der Waals surface area contributed by atoms with E-state index in [1.807, 2.05) is 35.2 Å². The molecule has 180 valence electrons. The summed E-state index contributed by atoms with van der Waals surface area (Å²) in [5.74, 6) is 0.557. The molecular formula is C29H30IN3OS. The van der Waals surface area contributed by atoms with E-state index >= 15 is 0 Å². The van der Waals surface area contributed by atoms with E-state index in [-0.39, 0.29) is 11.9 Å². The molecule has 2 aliphatic rings. The second kappa shape index (κ2) is 10.3. The highest BCUT2D eigenvalue weighted by Gasteiger charge is 2.41. The molecule has 0 radical (unpaired) electrons. The third-order valence-electron chi connectivity index (χ3n) is 7.06. The summed E-state index contributed by atoms with van der Waals surface area (Å²) in [5, 5.41) is 0.803. The highest BCUT2D eigenvalue weighted by molar-refractivity contribution is 14.1. The Morgan fingerprint density at radius 2 is 1.74 bits per heavy atom. The number of rotatable bonds is 4. The molecule has 35 heavy (non-hydrogen) atoms. The summed E-state index contributed by atoms with van der Waals surface area (Å²) in [6.07, 6.45) is 6.67.